The van der Waals surface area contributed by atoms with Crippen molar-refractivity contribution in [2.75, 3.05) is 11.1 Å². The van der Waals surface area contributed by atoms with Gasteiger partial charge in [0.2, 0.25) is 5.91 Å². The van der Waals surface area contributed by atoms with Gasteiger partial charge in [-0.3, -0.25) is 9.59 Å². The standard InChI is InChI=1S/C23H27N5O2S/c1-15(2)17-10-7-8-12-19(17)25-21(29)14-31-23-27-26-20(28(23)4)13-24-22(30)18-11-6-5-9-16(18)3/h5-12,15H,13-14H2,1-4H3,(H,24,30)(H,25,29). The molecule has 2 amide bonds. The molecule has 2 aromatic carbocycles. The summed E-state index contributed by atoms with van der Waals surface area (Å²) >= 11 is 1.31. The highest BCUT2D eigenvalue weighted by atomic mass is 32.2. The average molecular weight is 438 g/mol. The minimum atomic E-state index is -0.154. The third-order valence-corrected chi connectivity index (χ3v) is 5.93. The van der Waals surface area contributed by atoms with Crippen molar-refractivity contribution in [2.24, 2.45) is 7.05 Å². The third-order valence-electron chi connectivity index (χ3n) is 4.91. The smallest absolute Gasteiger partial charge is 0.251 e. The summed E-state index contributed by atoms with van der Waals surface area (Å²) in [5.41, 5.74) is 3.49. The number of thioether (sulfide) groups is 1. The van der Waals surface area contributed by atoms with Crippen LogP contribution in [0, 0.1) is 6.92 Å². The molecule has 3 rings (SSSR count). The van der Waals surface area contributed by atoms with E-state index in [0.29, 0.717) is 22.5 Å². The van der Waals surface area contributed by atoms with E-state index in [9.17, 15) is 9.59 Å². The molecule has 0 aliphatic heterocycles. The number of amides is 2. The van der Waals surface area contributed by atoms with Gasteiger partial charge in [-0.2, -0.15) is 0 Å². The number of hydrogen-bond acceptors (Lipinski definition) is 5. The molecule has 0 radical (unpaired) electrons. The maximum atomic E-state index is 12.4. The number of nitrogens with one attached hydrogen (secondary N) is 2. The van der Waals surface area contributed by atoms with Crippen molar-refractivity contribution in [3.63, 3.8) is 0 Å². The number of carbonyl (C=O) groups excluding carboxylic acids is 2. The zero-order valence-electron chi connectivity index (χ0n) is 18.2. The number of nitrogens with zero attached hydrogens (tertiary/aromatic N) is 3. The molecule has 3 aromatic rings. The van der Waals surface area contributed by atoms with Crippen LogP contribution < -0.4 is 10.6 Å². The predicted molar refractivity (Wildman–Crippen MR) is 123 cm³/mol. The molecular formula is C23H27N5O2S. The molecule has 31 heavy (non-hydrogen) atoms. The summed E-state index contributed by atoms with van der Waals surface area (Å²) in [4.78, 5) is 24.8. The lowest BCUT2D eigenvalue weighted by molar-refractivity contribution is -0.113. The zero-order chi connectivity index (χ0) is 22.4. The first-order chi connectivity index (χ1) is 14.9. The monoisotopic (exact) mass is 437 g/mol. The summed E-state index contributed by atoms with van der Waals surface area (Å²) in [6.45, 7) is 6.35. The minimum Gasteiger partial charge on any atom is -0.345 e. The molecule has 8 heteroatoms. The molecular weight excluding hydrogens is 410 g/mol. The van der Waals surface area contributed by atoms with Gasteiger partial charge in [-0.15, -0.1) is 10.2 Å². The van der Waals surface area contributed by atoms with Crippen molar-refractivity contribution >= 4 is 29.3 Å². The molecule has 0 atom stereocenters. The highest BCUT2D eigenvalue weighted by Gasteiger charge is 2.15. The Balaban J connectivity index is 1.55. The molecule has 0 saturated heterocycles. The van der Waals surface area contributed by atoms with Gasteiger partial charge < -0.3 is 15.2 Å². The lowest BCUT2D eigenvalue weighted by Crippen LogP contribution is -2.25. The number of hydrogen-bond donors (Lipinski definition) is 2. The van der Waals surface area contributed by atoms with Crippen molar-refractivity contribution in [1.29, 1.82) is 0 Å². The topological polar surface area (TPSA) is 88.9 Å². The highest BCUT2D eigenvalue weighted by Crippen LogP contribution is 2.24. The SMILES string of the molecule is Cc1ccccc1C(=O)NCc1nnc(SCC(=O)Nc2ccccc2C(C)C)n1C. The van der Waals surface area contributed by atoms with Crippen LogP contribution in [0.25, 0.3) is 0 Å². The first kappa shape index (κ1) is 22.6. The van der Waals surface area contributed by atoms with Crippen molar-refractivity contribution < 1.29 is 9.59 Å². The van der Waals surface area contributed by atoms with Crippen LogP contribution >= 0.6 is 11.8 Å². The van der Waals surface area contributed by atoms with Crippen molar-refractivity contribution in [2.45, 2.75) is 38.4 Å². The normalized spacial score (nSPS) is 10.9. The number of aryl methyl sites for hydroxylation is 1. The maximum absolute atomic E-state index is 12.4. The molecule has 0 aliphatic rings. The van der Waals surface area contributed by atoms with E-state index in [4.69, 9.17) is 0 Å². The van der Waals surface area contributed by atoms with E-state index >= 15 is 0 Å². The number of carbonyl (C=O) groups is 2. The molecule has 0 fully saturated rings. The van der Waals surface area contributed by atoms with Crippen LogP contribution in [0.3, 0.4) is 0 Å². The number of benzene rings is 2. The highest BCUT2D eigenvalue weighted by molar-refractivity contribution is 7.99. The van der Waals surface area contributed by atoms with Gasteiger partial charge in [-0.25, -0.2) is 0 Å². The van der Waals surface area contributed by atoms with E-state index in [-0.39, 0.29) is 24.1 Å². The Morgan fingerprint density at radius 2 is 1.77 bits per heavy atom. The second kappa shape index (κ2) is 10.3. The van der Waals surface area contributed by atoms with E-state index in [2.05, 4.69) is 34.7 Å². The summed E-state index contributed by atoms with van der Waals surface area (Å²) in [5, 5.41) is 14.8. The lowest BCUT2D eigenvalue weighted by atomic mass is 10.0. The van der Waals surface area contributed by atoms with Gasteiger partial charge >= 0.3 is 0 Å². The van der Waals surface area contributed by atoms with Crippen LogP contribution in [-0.2, 0) is 18.4 Å². The van der Waals surface area contributed by atoms with Gasteiger partial charge in [-0.05, 0) is 36.1 Å². The molecule has 0 aliphatic carbocycles. The van der Waals surface area contributed by atoms with E-state index in [1.807, 2.05) is 56.4 Å². The summed E-state index contributed by atoms with van der Waals surface area (Å²) < 4.78 is 1.79. The second-order valence-corrected chi connectivity index (χ2v) is 8.48. The fraction of sp³-hybridized carbons (Fsp3) is 0.304. The Labute approximate surface area is 186 Å². The molecule has 1 aromatic heterocycles. The van der Waals surface area contributed by atoms with Gasteiger partial charge in [-0.1, -0.05) is 62.0 Å². The largest absolute Gasteiger partial charge is 0.345 e. The Bertz CT molecular complexity index is 1080. The Hall–Kier alpha value is -3.13. The molecule has 0 saturated carbocycles. The van der Waals surface area contributed by atoms with Gasteiger partial charge in [0.15, 0.2) is 11.0 Å². The summed E-state index contributed by atoms with van der Waals surface area (Å²) in [7, 11) is 1.82. The summed E-state index contributed by atoms with van der Waals surface area (Å²) in [6, 6.07) is 15.2. The molecule has 0 bridgehead atoms. The molecule has 2 N–H and O–H groups in total. The number of para-hydroxylation sites is 1. The van der Waals surface area contributed by atoms with Gasteiger partial charge in [0, 0.05) is 18.3 Å². The van der Waals surface area contributed by atoms with Crippen molar-refractivity contribution in [1.82, 2.24) is 20.1 Å². The Morgan fingerprint density at radius 1 is 1.06 bits per heavy atom. The first-order valence-corrected chi connectivity index (χ1v) is 11.1. The van der Waals surface area contributed by atoms with Crippen molar-refractivity contribution in [3.05, 3.63) is 71.0 Å². The molecule has 0 spiro atoms. The number of aromatic nitrogens is 3. The van der Waals surface area contributed by atoms with E-state index in [1.165, 1.54) is 11.8 Å². The summed E-state index contributed by atoms with van der Waals surface area (Å²) in [5.74, 6) is 0.901. The van der Waals surface area contributed by atoms with Crippen LogP contribution in [0.1, 0.15) is 47.1 Å². The average Bonchev–Trinajstić information content (AvgIpc) is 3.10. The second-order valence-electron chi connectivity index (χ2n) is 7.53. The van der Waals surface area contributed by atoms with Crippen LogP contribution in [0.15, 0.2) is 53.7 Å². The Morgan fingerprint density at radius 3 is 2.52 bits per heavy atom. The summed E-state index contributed by atoms with van der Waals surface area (Å²) in [6.07, 6.45) is 0. The van der Waals surface area contributed by atoms with Crippen LogP contribution in [0.4, 0.5) is 5.69 Å². The maximum Gasteiger partial charge on any atom is 0.251 e. The minimum absolute atomic E-state index is 0.101. The number of anilines is 1. The van der Waals surface area contributed by atoms with Crippen LogP contribution in [-0.4, -0.2) is 32.3 Å². The molecule has 162 valence electrons. The molecule has 7 nitrogen and oxygen atoms in total. The third kappa shape index (κ3) is 5.73. The predicted octanol–water partition coefficient (Wildman–Crippen LogP) is 3.91. The quantitative estimate of drug-likeness (QED) is 0.522. The van der Waals surface area contributed by atoms with E-state index in [0.717, 1.165) is 16.8 Å². The van der Waals surface area contributed by atoms with E-state index < -0.39 is 0 Å². The van der Waals surface area contributed by atoms with Crippen LogP contribution in [0.5, 0.6) is 0 Å². The number of rotatable bonds is 8. The van der Waals surface area contributed by atoms with E-state index in [1.54, 1.807) is 10.6 Å². The van der Waals surface area contributed by atoms with Crippen molar-refractivity contribution in [3.8, 4) is 0 Å². The Kier molecular flexibility index (Phi) is 7.46. The zero-order valence-corrected chi connectivity index (χ0v) is 19.0. The lowest BCUT2D eigenvalue weighted by Gasteiger charge is -2.13. The van der Waals surface area contributed by atoms with Gasteiger partial charge in [0.1, 0.15) is 0 Å². The molecule has 0 unspecified atom stereocenters. The van der Waals surface area contributed by atoms with Gasteiger partial charge in [0.25, 0.3) is 5.91 Å². The first-order valence-electron chi connectivity index (χ1n) is 10.1. The fourth-order valence-corrected chi connectivity index (χ4v) is 3.87. The fourth-order valence-electron chi connectivity index (χ4n) is 3.14. The van der Waals surface area contributed by atoms with Crippen LogP contribution in [0.2, 0.25) is 0 Å². The molecule has 1 heterocycles. The van der Waals surface area contributed by atoms with Gasteiger partial charge in [0.05, 0.1) is 12.3 Å².